The Morgan fingerprint density at radius 2 is 1.75 bits per heavy atom. The van der Waals surface area contributed by atoms with Crippen molar-refractivity contribution in [1.82, 2.24) is 9.88 Å². The van der Waals surface area contributed by atoms with Crippen LogP contribution in [0.25, 0.3) is 0 Å². The maximum atomic E-state index is 12.7. The predicted octanol–water partition coefficient (Wildman–Crippen LogP) is 5.42. The minimum Gasteiger partial charge on any atom is -0.318 e. The number of nitrogens with one attached hydrogen (secondary N) is 1. The van der Waals surface area contributed by atoms with Gasteiger partial charge in [0.15, 0.2) is 0 Å². The number of fused-ring (bicyclic) bond motifs is 2. The van der Waals surface area contributed by atoms with E-state index in [1.807, 2.05) is 23.1 Å². The molecule has 2 aliphatic heterocycles. The van der Waals surface area contributed by atoms with Gasteiger partial charge in [-0.05, 0) is 62.1 Å². The first-order valence-electron chi connectivity index (χ1n) is 9.24. The fourth-order valence-electron chi connectivity index (χ4n) is 4.07. The van der Waals surface area contributed by atoms with Crippen LogP contribution in [0.5, 0.6) is 0 Å². The van der Waals surface area contributed by atoms with Crippen LogP contribution >= 0.6 is 11.8 Å². The Bertz CT molecular complexity index is 815. The van der Waals surface area contributed by atoms with E-state index in [0.717, 1.165) is 42.8 Å². The Balaban J connectivity index is 1.38. The van der Waals surface area contributed by atoms with Gasteiger partial charge >= 0.3 is 12.2 Å². The lowest BCUT2D eigenvalue weighted by Gasteiger charge is -2.38. The van der Waals surface area contributed by atoms with Gasteiger partial charge in [-0.15, -0.1) is 11.8 Å². The van der Waals surface area contributed by atoms with Crippen molar-refractivity contribution in [3.8, 4) is 0 Å². The molecule has 2 bridgehead atoms. The second kappa shape index (κ2) is 7.66. The molecule has 2 unspecified atom stereocenters. The molecule has 0 spiro atoms. The summed E-state index contributed by atoms with van der Waals surface area (Å²) in [5.74, 6) is 0. The molecule has 0 saturated carbocycles. The number of piperidine rings is 1. The van der Waals surface area contributed by atoms with E-state index >= 15 is 0 Å². The first-order valence-corrected chi connectivity index (χ1v) is 10.1. The second-order valence-electron chi connectivity index (χ2n) is 7.18. The number of benzene rings is 1. The molecule has 1 N–H and O–H groups in total. The van der Waals surface area contributed by atoms with Gasteiger partial charge in [0, 0.05) is 29.2 Å². The molecule has 4 rings (SSSR count). The van der Waals surface area contributed by atoms with Crippen LogP contribution in [0.3, 0.4) is 0 Å². The van der Waals surface area contributed by atoms with Crippen molar-refractivity contribution in [3.63, 3.8) is 0 Å². The molecule has 148 valence electrons. The molecule has 1 aromatic carbocycles. The summed E-state index contributed by atoms with van der Waals surface area (Å²) in [6.07, 6.45) is 1.13. The predicted molar refractivity (Wildman–Crippen MR) is 102 cm³/mol. The molecule has 2 amide bonds. The summed E-state index contributed by atoms with van der Waals surface area (Å²) < 4.78 is 38.0. The van der Waals surface area contributed by atoms with Crippen LogP contribution in [0.2, 0.25) is 0 Å². The number of alkyl halides is 3. The van der Waals surface area contributed by atoms with Gasteiger partial charge in [-0.2, -0.15) is 13.2 Å². The number of aromatic nitrogens is 1. The van der Waals surface area contributed by atoms with Gasteiger partial charge in [0.1, 0.15) is 0 Å². The van der Waals surface area contributed by atoms with Crippen molar-refractivity contribution >= 4 is 23.5 Å². The average molecular weight is 407 g/mol. The highest BCUT2D eigenvalue weighted by molar-refractivity contribution is 7.99. The topological polar surface area (TPSA) is 45.2 Å². The Morgan fingerprint density at radius 1 is 1.07 bits per heavy atom. The number of nitrogens with zero attached hydrogens (tertiary/aromatic N) is 2. The molecule has 2 saturated heterocycles. The second-order valence-corrected chi connectivity index (χ2v) is 8.50. The minimum absolute atomic E-state index is 0.161. The number of hydrogen-bond donors (Lipinski definition) is 1. The van der Waals surface area contributed by atoms with Crippen molar-refractivity contribution in [2.45, 2.75) is 54.2 Å². The summed E-state index contributed by atoms with van der Waals surface area (Å²) in [6.45, 7) is 0. The highest BCUT2D eigenvalue weighted by Crippen LogP contribution is 2.42. The van der Waals surface area contributed by atoms with E-state index in [-0.39, 0.29) is 18.1 Å². The zero-order valence-electron chi connectivity index (χ0n) is 15.0. The van der Waals surface area contributed by atoms with Crippen LogP contribution in [-0.4, -0.2) is 33.2 Å². The normalized spacial score (nSPS) is 24.2. The van der Waals surface area contributed by atoms with Crippen LogP contribution in [0.15, 0.2) is 53.7 Å². The number of urea groups is 1. The van der Waals surface area contributed by atoms with Crippen LogP contribution in [0, 0.1) is 0 Å². The largest absolute Gasteiger partial charge is 0.416 e. The van der Waals surface area contributed by atoms with Gasteiger partial charge in [-0.1, -0.05) is 6.07 Å². The third kappa shape index (κ3) is 4.11. The van der Waals surface area contributed by atoms with E-state index in [4.69, 9.17) is 0 Å². The number of rotatable bonds is 3. The number of amides is 2. The molecular formula is C20H20F3N3OS. The molecule has 2 fully saturated rings. The minimum atomic E-state index is -4.38. The summed E-state index contributed by atoms with van der Waals surface area (Å²) in [5, 5.41) is 4.17. The molecule has 28 heavy (non-hydrogen) atoms. The number of pyridine rings is 1. The van der Waals surface area contributed by atoms with E-state index in [1.54, 1.807) is 18.0 Å². The fourth-order valence-corrected chi connectivity index (χ4v) is 5.33. The number of halogens is 3. The molecule has 2 aromatic rings. The average Bonchev–Trinajstić information content (AvgIpc) is 2.93. The van der Waals surface area contributed by atoms with Crippen LogP contribution in [0.1, 0.15) is 31.2 Å². The van der Waals surface area contributed by atoms with E-state index in [1.165, 1.54) is 12.1 Å². The Morgan fingerprint density at radius 3 is 2.32 bits per heavy atom. The fraction of sp³-hybridized carbons (Fsp3) is 0.400. The highest BCUT2D eigenvalue weighted by Gasteiger charge is 2.43. The lowest BCUT2D eigenvalue weighted by molar-refractivity contribution is -0.137. The first-order chi connectivity index (χ1) is 13.4. The Labute approximate surface area is 165 Å². The van der Waals surface area contributed by atoms with Crippen LogP contribution in [0.4, 0.5) is 23.7 Å². The molecule has 4 nitrogen and oxygen atoms in total. The van der Waals surface area contributed by atoms with Gasteiger partial charge in [0.05, 0.1) is 10.6 Å². The molecule has 1 aromatic heterocycles. The smallest absolute Gasteiger partial charge is 0.318 e. The van der Waals surface area contributed by atoms with Crippen molar-refractivity contribution < 1.29 is 18.0 Å². The molecule has 8 heteroatoms. The van der Waals surface area contributed by atoms with Gasteiger partial charge in [0.2, 0.25) is 0 Å². The summed E-state index contributed by atoms with van der Waals surface area (Å²) in [4.78, 5) is 19.0. The van der Waals surface area contributed by atoms with Crippen molar-refractivity contribution in [2.75, 3.05) is 5.32 Å². The maximum absolute atomic E-state index is 12.7. The number of thioether (sulfide) groups is 1. The van der Waals surface area contributed by atoms with E-state index in [0.29, 0.717) is 10.9 Å². The summed E-state index contributed by atoms with van der Waals surface area (Å²) in [7, 11) is 0. The van der Waals surface area contributed by atoms with Gasteiger partial charge in [-0.25, -0.2) is 9.78 Å². The van der Waals surface area contributed by atoms with E-state index in [9.17, 15) is 18.0 Å². The molecule has 3 heterocycles. The number of carbonyl (C=O) groups is 1. The van der Waals surface area contributed by atoms with Crippen molar-refractivity contribution in [1.29, 1.82) is 0 Å². The molecular weight excluding hydrogens is 387 g/mol. The SMILES string of the molecule is O=C(Nc1ccc(C(F)(F)F)cc1)N1C2CCC1CC(Sc1ccccn1)C2. The van der Waals surface area contributed by atoms with Crippen LogP contribution < -0.4 is 5.32 Å². The maximum Gasteiger partial charge on any atom is 0.416 e. The number of hydrogen-bond acceptors (Lipinski definition) is 3. The van der Waals surface area contributed by atoms with Crippen molar-refractivity contribution in [2.24, 2.45) is 0 Å². The lowest BCUT2D eigenvalue weighted by atomic mass is 10.0. The van der Waals surface area contributed by atoms with E-state index < -0.39 is 11.7 Å². The van der Waals surface area contributed by atoms with Gasteiger partial charge in [-0.3, -0.25) is 0 Å². The monoisotopic (exact) mass is 407 g/mol. The summed E-state index contributed by atoms with van der Waals surface area (Å²) in [5.41, 5.74) is -0.347. The third-order valence-electron chi connectivity index (χ3n) is 5.31. The lowest BCUT2D eigenvalue weighted by Crippen LogP contribution is -2.49. The van der Waals surface area contributed by atoms with E-state index in [2.05, 4.69) is 10.3 Å². The van der Waals surface area contributed by atoms with Gasteiger partial charge in [0.25, 0.3) is 0 Å². The van der Waals surface area contributed by atoms with Gasteiger partial charge < -0.3 is 10.2 Å². The standard InChI is InChI=1S/C20H20F3N3OS/c21-20(22,23)13-4-6-14(7-5-13)25-19(27)26-15-8-9-16(26)12-17(11-15)28-18-3-1-2-10-24-18/h1-7,10,15-17H,8-9,11-12H2,(H,25,27). The third-order valence-corrected chi connectivity index (χ3v) is 6.51. The summed E-state index contributed by atoms with van der Waals surface area (Å²) >= 11 is 1.76. The highest BCUT2D eigenvalue weighted by atomic mass is 32.2. The summed E-state index contributed by atoms with van der Waals surface area (Å²) in [6, 6.07) is 10.5. The molecule has 2 atom stereocenters. The van der Waals surface area contributed by atoms with Crippen LogP contribution in [-0.2, 0) is 6.18 Å². The first kappa shape index (κ1) is 19.1. The molecule has 2 aliphatic rings. The quantitative estimate of drug-likeness (QED) is 0.739. The zero-order valence-corrected chi connectivity index (χ0v) is 15.8. The Hall–Kier alpha value is -2.22. The molecule has 0 aliphatic carbocycles. The zero-order chi connectivity index (χ0) is 19.7. The Kier molecular flexibility index (Phi) is 5.23. The van der Waals surface area contributed by atoms with Crippen molar-refractivity contribution in [3.05, 3.63) is 54.2 Å². The number of carbonyl (C=O) groups excluding carboxylic acids is 1. The molecule has 0 radical (unpaired) electrons. The number of anilines is 1.